The third-order valence-corrected chi connectivity index (χ3v) is 7.14. The molecule has 1 aliphatic carbocycles. The van der Waals surface area contributed by atoms with Crippen LogP contribution >= 0.6 is 27.5 Å². The van der Waals surface area contributed by atoms with E-state index in [-0.39, 0.29) is 22.6 Å². The van der Waals surface area contributed by atoms with E-state index >= 15 is 0 Å². The van der Waals surface area contributed by atoms with Crippen LogP contribution in [0, 0.1) is 11.2 Å². The lowest BCUT2D eigenvalue weighted by Crippen LogP contribution is -2.36. The average Bonchev–Trinajstić information content (AvgIpc) is 3.00. The van der Waals surface area contributed by atoms with Gasteiger partial charge in [0.15, 0.2) is 0 Å². The van der Waals surface area contributed by atoms with Gasteiger partial charge in [-0.25, -0.2) is 14.2 Å². The third kappa shape index (κ3) is 3.53. The molecule has 6 nitrogen and oxygen atoms in total. The Kier molecular flexibility index (Phi) is 4.68. The molecule has 1 saturated heterocycles. The molecule has 1 amide bonds. The van der Waals surface area contributed by atoms with Gasteiger partial charge in [-0.1, -0.05) is 11.6 Å². The van der Waals surface area contributed by atoms with Gasteiger partial charge in [0.2, 0.25) is 0 Å². The molecular weight excluding hydrogens is 487 g/mol. The molecule has 2 N–H and O–H groups in total. The third-order valence-electron chi connectivity index (χ3n) is 6.19. The van der Waals surface area contributed by atoms with Crippen LogP contribution in [0.15, 0.2) is 22.8 Å². The lowest BCUT2D eigenvalue weighted by atomic mass is 10.1. The first kappa shape index (κ1) is 20.8. The van der Waals surface area contributed by atoms with Crippen molar-refractivity contribution in [3.8, 4) is 0 Å². The van der Waals surface area contributed by atoms with Crippen LogP contribution in [0.3, 0.4) is 0 Å². The molecule has 31 heavy (non-hydrogen) atoms. The van der Waals surface area contributed by atoms with E-state index in [0.717, 1.165) is 47.0 Å². The molecule has 0 unspecified atom stereocenters. The molecule has 1 aromatic carbocycles. The van der Waals surface area contributed by atoms with Gasteiger partial charge < -0.3 is 19.9 Å². The zero-order valence-corrected chi connectivity index (χ0v) is 19.8. The fourth-order valence-electron chi connectivity index (χ4n) is 4.69. The number of hydrogen-bond donors (Lipinski definition) is 2. The minimum Gasteiger partial charge on any atom is -0.444 e. The number of alkyl carbamates (subject to hydrolysis) is 1. The second-order valence-electron chi connectivity index (χ2n) is 9.52. The number of nitrogens with one attached hydrogen (secondary N) is 2. The summed E-state index contributed by atoms with van der Waals surface area (Å²) < 4.78 is 20.5. The SMILES string of the molecule is CC(C)(C)OC(=O)N[C@H]1C[C@]12CCN(c1c(Br)cnc3[nH]c4ccc(F)c(Cl)c4c13)C2. The monoisotopic (exact) mass is 508 g/mol. The highest BCUT2D eigenvalue weighted by Gasteiger charge is 2.58. The molecule has 1 aliphatic heterocycles. The Hall–Kier alpha value is -2.06. The van der Waals surface area contributed by atoms with Crippen LogP contribution in [0.2, 0.25) is 5.02 Å². The van der Waals surface area contributed by atoms with Crippen molar-refractivity contribution >= 4 is 61.2 Å². The summed E-state index contributed by atoms with van der Waals surface area (Å²) in [6, 6.07) is 3.13. The van der Waals surface area contributed by atoms with Gasteiger partial charge in [0.1, 0.15) is 17.1 Å². The van der Waals surface area contributed by atoms with Crippen LogP contribution in [-0.4, -0.2) is 40.8 Å². The highest BCUT2D eigenvalue weighted by Crippen LogP contribution is 2.55. The Balaban J connectivity index is 1.46. The van der Waals surface area contributed by atoms with Crippen LogP contribution < -0.4 is 10.2 Å². The zero-order chi connectivity index (χ0) is 22.1. The number of H-pyrrole nitrogens is 1. The normalized spacial score (nSPS) is 23.2. The van der Waals surface area contributed by atoms with Crippen LogP contribution in [0.4, 0.5) is 14.9 Å². The second kappa shape index (κ2) is 6.97. The van der Waals surface area contributed by atoms with E-state index in [1.165, 1.54) is 6.07 Å². The Bertz CT molecular complexity index is 1220. The fraction of sp³-hybridized carbons (Fsp3) is 0.455. The Morgan fingerprint density at radius 1 is 1.42 bits per heavy atom. The standard InChI is InChI=1S/C22H23BrClFN4O2/c1-21(2,3)31-20(30)28-14-8-22(14)6-7-29(10-22)18-11(23)9-26-19-16(18)15-13(27-19)5-4-12(25)17(15)24/h4-5,9,14H,6-8,10H2,1-3H3,(H,26,27)(H,28,30)/t14-,22-/m0/s1. The highest BCUT2D eigenvalue weighted by atomic mass is 79.9. The number of nitrogens with zero attached hydrogens (tertiary/aromatic N) is 2. The van der Waals surface area contributed by atoms with E-state index in [1.807, 2.05) is 20.8 Å². The number of ether oxygens (including phenoxy) is 1. The van der Waals surface area contributed by atoms with Crippen molar-refractivity contribution in [1.29, 1.82) is 0 Å². The molecule has 2 atom stereocenters. The molecule has 2 fully saturated rings. The van der Waals surface area contributed by atoms with E-state index in [4.69, 9.17) is 16.3 Å². The summed E-state index contributed by atoms with van der Waals surface area (Å²) in [5, 5.41) is 4.56. The molecule has 3 heterocycles. The van der Waals surface area contributed by atoms with Crippen molar-refractivity contribution in [2.75, 3.05) is 18.0 Å². The minimum absolute atomic E-state index is 0.0209. The van der Waals surface area contributed by atoms with Gasteiger partial charge in [0.25, 0.3) is 0 Å². The van der Waals surface area contributed by atoms with E-state index < -0.39 is 11.4 Å². The zero-order valence-electron chi connectivity index (χ0n) is 17.5. The number of rotatable bonds is 2. The molecule has 5 rings (SSSR count). The number of pyridine rings is 1. The quantitative estimate of drug-likeness (QED) is 0.460. The van der Waals surface area contributed by atoms with Gasteiger partial charge in [-0.2, -0.15) is 0 Å². The topological polar surface area (TPSA) is 70.2 Å². The number of amides is 1. The Morgan fingerprint density at radius 2 is 2.19 bits per heavy atom. The van der Waals surface area contributed by atoms with Crippen LogP contribution in [0.1, 0.15) is 33.6 Å². The van der Waals surface area contributed by atoms with Crippen molar-refractivity contribution in [3.63, 3.8) is 0 Å². The first-order chi connectivity index (χ1) is 14.6. The maximum Gasteiger partial charge on any atom is 0.407 e. The van der Waals surface area contributed by atoms with Gasteiger partial charge in [-0.3, -0.25) is 0 Å². The van der Waals surface area contributed by atoms with Crippen molar-refractivity contribution < 1.29 is 13.9 Å². The number of halogens is 3. The van der Waals surface area contributed by atoms with Crippen molar-refractivity contribution in [3.05, 3.63) is 33.6 Å². The van der Waals surface area contributed by atoms with Crippen molar-refractivity contribution in [1.82, 2.24) is 15.3 Å². The smallest absolute Gasteiger partial charge is 0.407 e. The highest BCUT2D eigenvalue weighted by molar-refractivity contribution is 9.10. The number of aromatic nitrogens is 2. The molecule has 3 aromatic rings. The number of aromatic amines is 1. The summed E-state index contributed by atoms with van der Waals surface area (Å²) in [6.45, 7) is 7.17. The van der Waals surface area contributed by atoms with E-state index in [2.05, 4.69) is 36.1 Å². The lowest BCUT2D eigenvalue weighted by Gasteiger charge is -2.22. The first-order valence-electron chi connectivity index (χ1n) is 10.3. The molecule has 1 saturated carbocycles. The summed E-state index contributed by atoms with van der Waals surface area (Å²) in [6.07, 6.45) is 3.25. The first-order valence-corrected chi connectivity index (χ1v) is 11.4. The second-order valence-corrected chi connectivity index (χ2v) is 10.8. The number of carbonyl (C=O) groups is 1. The number of benzene rings is 1. The summed E-state index contributed by atoms with van der Waals surface area (Å²) in [4.78, 5) is 22.2. The largest absolute Gasteiger partial charge is 0.444 e. The number of carbonyl (C=O) groups excluding carboxylic acids is 1. The van der Waals surface area contributed by atoms with Crippen LogP contribution in [-0.2, 0) is 4.74 Å². The van der Waals surface area contributed by atoms with Gasteiger partial charge in [0.05, 0.1) is 20.6 Å². The van der Waals surface area contributed by atoms with Crippen LogP contribution in [0.5, 0.6) is 0 Å². The van der Waals surface area contributed by atoms with Crippen molar-refractivity contribution in [2.45, 2.75) is 45.3 Å². The Morgan fingerprint density at radius 3 is 2.94 bits per heavy atom. The van der Waals surface area contributed by atoms with Gasteiger partial charge >= 0.3 is 6.09 Å². The molecule has 2 aromatic heterocycles. The predicted octanol–water partition coefficient (Wildman–Crippen LogP) is 5.76. The van der Waals surface area contributed by atoms with E-state index in [9.17, 15) is 9.18 Å². The molecular formula is C22H23BrClFN4O2. The maximum atomic E-state index is 14.2. The van der Waals surface area contributed by atoms with Crippen molar-refractivity contribution in [2.24, 2.45) is 5.41 Å². The predicted molar refractivity (Wildman–Crippen MR) is 123 cm³/mol. The van der Waals surface area contributed by atoms with Gasteiger partial charge in [-0.15, -0.1) is 0 Å². The van der Waals surface area contributed by atoms with Gasteiger partial charge in [-0.05, 0) is 61.7 Å². The summed E-state index contributed by atoms with van der Waals surface area (Å²) in [5.74, 6) is -0.456. The molecule has 2 aliphatic rings. The van der Waals surface area contributed by atoms with Crippen LogP contribution in [0.25, 0.3) is 21.9 Å². The number of hydrogen-bond acceptors (Lipinski definition) is 4. The number of fused-ring (bicyclic) bond motifs is 3. The lowest BCUT2D eigenvalue weighted by molar-refractivity contribution is 0.0517. The maximum absolute atomic E-state index is 14.2. The average molecular weight is 510 g/mol. The minimum atomic E-state index is -0.523. The molecule has 1 spiro atoms. The Labute approximate surface area is 192 Å². The molecule has 164 valence electrons. The summed E-state index contributed by atoms with van der Waals surface area (Å²) in [7, 11) is 0. The molecule has 0 radical (unpaired) electrons. The molecule has 9 heteroatoms. The van der Waals surface area contributed by atoms with E-state index in [1.54, 1.807) is 12.3 Å². The summed E-state index contributed by atoms with van der Waals surface area (Å²) in [5.41, 5.74) is 1.86. The number of anilines is 1. The van der Waals surface area contributed by atoms with E-state index in [0.29, 0.717) is 11.0 Å². The summed E-state index contributed by atoms with van der Waals surface area (Å²) >= 11 is 10.0. The van der Waals surface area contributed by atoms with Gasteiger partial charge in [0, 0.05) is 41.6 Å². The molecule has 0 bridgehead atoms. The fourth-order valence-corrected chi connectivity index (χ4v) is 5.50.